The van der Waals surface area contributed by atoms with E-state index in [9.17, 15) is 4.79 Å². The maximum absolute atomic E-state index is 11.7. The molecule has 0 N–H and O–H groups in total. The Morgan fingerprint density at radius 1 is 0.711 bits per heavy atom. The first-order valence-corrected chi connectivity index (χ1v) is 13.9. The van der Waals surface area contributed by atoms with Gasteiger partial charge in [0.2, 0.25) is 0 Å². The third-order valence-electron chi connectivity index (χ3n) is 8.04. The zero-order valence-electron chi connectivity index (χ0n) is 24.2. The summed E-state index contributed by atoms with van der Waals surface area (Å²) in [4.78, 5) is 11.7. The van der Waals surface area contributed by atoms with Crippen LogP contribution < -0.4 is 9.47 Å². The normalized spacial score (nSPS) is 11.8. The van der Waals surface area contributed by atoms with E-state index in [-0.39, 0.29) is 11.4 Å². The Labute approximate surface area is 229 Å². The van der Waals surface area contributed by atoms with Crippen LogP contribution >= 0.6 is 0 Å². The number of esters is 1. The van der Waals surface area contributed by atoms with Crippen LogP contribution in [0.25, 0.3) is 0 Å². The van der Waals surface area contributed by atoms with Crippen molar-refractivity contribution in [2.45, 2.75) is 91.8 Å². The highest BCUT2D eigenvalue weighted by molar-refractivity contribution is 5.66. The minimum atomic E-state index is -0.602. The molecule has 0 aliphatic rings. The molecule has 0 aliphatic heterocycles. The highest BCUT2D eigenvalue weighted by atomic mass is 16.6. The minimum absolute atomic E-state index is 0.111. The van der Waals surface area contributed by atoms with Gasteiger partial charge in [-0.25, -0.2) is 0 Å². The van der Waals surface area contributed by atoms with E-state index >= 15 is 0 Å². The summed E-state index contributed by atoms with van der Waals surface area (Å²) >= 11 is 0. The fourth-order valence-electron chi connectivity index (χ4n) is 5.33. The van der Waals surface area contributed by atoms with Gasteiger partial charge in [-0.1, -0.05) is 82.3 Å². The second-order valence-electron chi connectivity index (χ2n) is 10.3. The van der Waals surface area contributed by atoms with E-state index in [4.69, 9.17) is 14.2 Å². The Kier molecular flexibility index (Phi) is 10.0. The van der Waals surface area contributed by atoms with Crippen LogP contribution in [0.2, 0.25) is 0 Å². The number of carbonyl (C=O) groups excluding carboxylic acids is 1. The van der Waals surface area contributed by atoms with Gasteiger partial charge in [0.25, 0.3) is 0 Å². The first-order chi connectivity index (χ1) is 18.2. The third-order valence-corrected chi connectivity index (χ3v) is 8.04. The predicted molar refractivity (Wildman–Crippen MR) is 155 cm³/mol. The van der Waals surface area contributed by atoms with Crippen molar-refractivity contribution in [2.24, 2.45) is 0 Å². The molecule has 0 bridgehead atoms. The van der Waals surface area contributed by atoms with E-state index < -0.39 is 5.60 Å². The van der Waals surface area contributed by atoms with Gasteiger partial charge in [0, 0.05) is 12.3 Å². The number of aryl methyl sites for hydroxylation is 2. The predicted octanol–water partition coefficient (Wildman–Crippen LogP) is 8.49. The number of hydrogen-bond acceptors (Lipinski definition) is 4. The van der Waals surface area contributed by atoms with Crippen molar-refractivity contribution < 1.29 is 19.0 Å². The van der Waals surface area contributed by atoms with Gasteiger partial charge in [-0.2, -0.15) is 0 Å². The Bertz CT molecular complexity index is 1190. The molecule has 3 aromatic carbocycles. The van der Waals surface area contributed by atoms with E-state index in [0.29, 0.717) is 26.1 Å². The van der Waals surface area contributed by atoms with Gasteiger partial charge in [-0.15, -0.1) is 0 Å². The summed E-state index contributed by atoms with van der Waals surface area (Å²) in [6.45, 7) is 15.1. The number of benzene rings is 3. The molecule has 0 atom stereocenters. The van der Waals surface area contributed by atoms with E-state index in [1.54, 1.807) is 0 Å². The van der Waals surface area contributed by atoms with Crippen molar-refractivity contribution in [3.8, 4) is 11.5 Å². The number of hydrogen-bond donors (Lipinski definition) is 0. The molecule has 3 aromatic rings. The Morgan fingerprint density at radius 3 is 1.68 bits per heavy atom. The fourth-order valence-corrected chi connectivity index (χ4v) is 5.33. The highest BCUT2D eigenvalue weighted by Gasteiger charge is 2.33. The molecule has 38 heavy (non-hydrogen) atoms. The van der Waals surface area contributed by atoms with E-state index in [1.165, 1.54) is 18.1 Å². The van der Waals surface area contributed by atoms with Crippen LogP contribution in [0.5, 0.6) is 11.5 Å². The van der Waals surface area contributed by atoms with Gasteiger partial charge in [0.1, 0.15) is 30.3 Å². The first kappa shape index (κ1) is 29.3. The van der Waals surface area contributed by atoms with E-state index in [2.05, 4.69) is 76.2 Å². The molecule has 4 nitrogen and oxygen atoms in total. The lowest BCUT2D eigenvalue weighted by atomic mass is 9.70. The second-order valence-corrected chi connectivity index (χ2v) is 10.3. The lowest BCUT2D eigenvalue weighted by Gasteiger charge is -2.34. The fraction of sp³-hybridized carbons (Fsp3) is 0.441. The van der Waals surface area contributed by atoms with Gasteiger partial charge in [-0.3, -0.25) is 4.79 Å². The molecule has 0 saturated heterocycles. The summed E-state index contributed by atoms with van der Waals surface area (Å²) in [6.07, 6.45) is 3.38. The van der Waals surface area contributed by atoms with Crippen LogP contribution in [0.4, 0.5) is 0 Å². The maximum Gasteiger partial charge on any atom is 0.303 e. The Morgan fingerprint density at radius 2 is 1.24 bits per heavy atom. The Hall–Kier alpha value is -3.27. The van der Waals surface area contributed by atoms with Crippen molar-refractivity contribution >= 4 is 5.97 Å². The molecule has 0 fully saturated rings. The maximum atomic E-state index is 11.7. The summed E-state index contributed by atoms with van der Waals surface area (Å²) < 4.78 is 18.0. The standard InChI is InChI=1S/C34H44O4/c1-8-33(9-2,38-27(7)35)24-37-32-20-18-30(22-26(32)6)34(10-3,11-4)29-17-19-31(25(5)21-29)36-23-28-15-13-12-14-16-28/h12-22H,8-11,23-24H2,1-7H3. The average Bonchev–Trinajstić information content (AvgIpc) is 2.92. The minimum Gasteiger partial charge on any atom is -0.489 e. The third kappa shape index (κ3) is 6.59. The second kappa shape index (κ2) is 13.0. The molecule has 204 valence electrons. The molecule has 0 aliphatic carbocycles. The van der Waals surface area contributed by atoms with Crippen molar-refractivity contribution in [3.05, 3.63) is 94.5 Å². The molecule has 3 rings (SSSR count). The van der Waals surface area contributed by atoms with Crippen LogP contribution in [-0.2, 0) is 21.6 Å². The SMILES string of the molecule is CCC(CC)(COc1ccc(C(CC)(CC)c2ccc(OCc3ccccc3)c(C)c2)cc1C)OC(C)=O. The van der Waals surface area contributed by atoms with Crippen LogP contribution in [0.15, 0.2) is 66.7 Å². The molecule has 0 radical (unpaired) electrons. The zero-order chi connectivity index (χ0) is 27.8. The van der Waals surface area contributed by atoms with Crippen molar-refractivity contribution in [2.75, 3.05) is 6.61 Å². The van der Waals surface area contributed by atoms with Crippen molar-refractivity contribution in [1.82, 2.24) is 0 Å². The summed E-state index contributed by atoms with van der Waals surface area (Å²) in [7, 11) is 0. The lowest BCUT2D eigenvalue weighted by Crippen LogP contribution is -2.39. The quantitative estimate of drug-likeness (QED) is 0.214. The Balaban J connectivity index is 1.84. The summed E-state index contributed by atoms with van der Waals surface area (Å²) in [5, 5.41) is 0. The molecule has 4 heteroatoms. The summed E-state index contributed by atoms with van der Waals surface area (Å²) in [5.74, 6) is 1.47. The smallest absolute Gasteiger partial charge is 0.303 e. The number of ether oxygens (including phenoxy) is 3. The molecule has 0 aromatic heterocycles. The van der Waals surface area contributed by atoms with Gasteiger partial charge in [-0.05, 0) is 79.5 Å². The molecule has 0 saturated carbocycles. The van der Waals surface area contributed by atoms with Crippen molar-refractivity contribution in [3.63, 3.8) is 0 Å². The topological polar surface area (TPSA) is 44.8 Å². The zero-order valence-corrected chi connectivity index (χ0v) is 24.2. The van der Waals surface area contributed by atoms with Gasteiger partial charge >= 0.3 is 5.97 Å². The van der Waals surface area contributed by atoms with Crippen LogP contribution in [0, 0.1) is 13.8 Å². The molecule has 0 heterocycles. The summed E-state index contributed by atoms with van der Waals surface area (Å²) in [6, 6.07) is 23.4. The monoisotopic (exact) mass is 516 g/mol. The highest BCUT2D eigenvalue weighted by Crippen LogP contribution is 2.41. The van der Waals surface area contributed by atoms with Crippen LogP contribution in [0.1, 0.15) is 88.1 Å². The number of rotatable bonds is 13. The molecule has 0 amide bonds. The largest absolute Gasteiger partial charge is 0.489 e. The lowest BCUT2D eigenvalue weighted by molar-refractivity contribution is -0.161. The summed E-state index contributed by atoms with van der Waals surface area (Å²) in [5.41, 5.74) is 5.25. The van der Waals surface area contributed by atoms with Crippen LogP contribution in [-0.4, -0.2) is 18.2 Å². The van der Waals surface area contributed by atoms with Gasteiger partial charge < -0.3 is 14.2 Å². The van der Waals surface area contributed by atoms with Crippen molar-refractivity contribution in [1.29, 1.82) is 0 Å². The van der Waals surface area contributed by atoms with E-state index in [1.807, 2.05) is 32.0 Å². The average molecular weight is 517 g/mol. The molecule has 0 unspecified atom stereocenters. The van der Waals surface area contributed by atoms with Gasteiger partial charge in [0.15, 0.2) is 0 Å². The molecular weight excluding hydrogens is 472 g/mol. The van der Waals surface area contributed by atoms with E-state index in [0.717, 1.165) is 41.0 Å². The van der Waals surface area contributed by atoms with Crippen LogP contribution in [0.3, 0.4) is 0 Å². The number of carbonyl (C=O) groups is 1. The van der Waals surface area contributed by atoms with Gasteiger partial charge in [0.05, 0.1) is 0 Å². The molecule has 0 spiro atoms. The first-order valence-electron chi connectivity index (χ1n) is 13.9. The molecular formula is C34H44O4.